The highest BCUT2D eigenvalue weighted by Crippen LogP contribution is 2.40. The lowest BCUT2D eigenvalue weighted by Crippen LogP contribution is -2.32. The predicted molar refractivity (Wildman–Crippen MR) is 119 cm³/mol. The SMILES string of the molecule is Cc1c[n+](C)c(-c2c(C)ccc3c2oc2nc(F)c4ccccc4c23)cc1C(C)C. The molecule has 4 heteroatoms. The minimum atomic E-state index is -0.501. The van der Waals surface area contributed by atoms with Gasteiger partial charge in [0.15, 0.2) is 11.8 Å². The van der Waals surface area contributed by atoms with Gasteiger partial charge in [-0.1, -0.05) is 44.2 Å². The normalized spacial score (nSPS) is 12.0. The number of fused-ring (bicyclic) bond motifs is 5. The molecule has 3 heterocycles. The molecule has 0 fully saturated rings. The molecule has 0 aliphatic heterocycles. The number of nitrogens with zero attached hydrogens (tertiary/aromatic N) is 2. The molecule has 3 nitrogen and oxygen atoms in total. The number of hydrogen-bond donors (Lipinski definition) is 0. The van der Waals surface area contributed by atoms with Crippen molar-refractivity contribution in [1.82, 2.24) is 4.98 Å². The van der Waals surface area contributed by atoms with Gasteiger partial charge in [-0.2, -0.15) is 9.37 Å². The van der Waals surface area contributed by atoms with E-state index in [1.54, 1.807) is 6.07 Å². The van der Waals surface area contributed by atoms with E-state index < -0.39 is 5.95 Å². The van der Waals surface area contributed by atoms with Gasteiger partial charge in [-0.15, -0.1) is 0 Å². The largest absolute Gasteiger partial charge is 0.437 e. The van der Waals surface area contributed by atoms with Crippen LogP contribution in [0, 0.1) is 19.8 Å². The summed E-state index contributed by atoms with van der Waals surface area (Å²) >= 11 is 0. The van der Waals surface area contributed by atoms with Gasteiger partial charge in [0, 0.05) is 22.4 Å². The fourth-order valence-electron chi connectivity index (χ4n) is 4.60. The van der Waals surface area contributed by atoms with Crippen LogP contribution in [0.2, 0.25) is 0 Å². The average molecular weight is 399 g/mol. The Bertz CT molecular complexity index is 1460. The van der Waals surface area contributed by atoms with Gasteiger partial charge in [0.25, 0.3) is 0 Å². The Hall–Kier alpha value is -3.27. The van der Waals surface area contributed by atoms with Gasteiger partial charge in [-0.05, 0) is 42.3 Å². The molecule has 0 atom stereocenters. The Balaban J connectivity index is 1.93. The van der Waals surface area contributed by atoms with Crippen molar-refractivity contribution < 1.29 is 13.4 Å². The van der Waals surface area contributed by atoms with Crippen molar-refractivity contribution in [2.45, 2.75) is 33.6 Å². The third-order valence-electron chi connectivity index (χ3n) is 6.06. The van der Waals surface area contributed by atoms with Crippen LogP contribution in [0.25, 0.3) is 44.1 Å². The lowest BCUT2D eigenvalue weighted by molar-refractivity contribution is -0.660. The second-order valence-corrected chi connectivity index (χ2v) is 8.43. The fraction of sp³-hybridized carbons (Fsp3) is 0.231. The number of furan rings is 1. The minimum Gasteiger partial charge on any atom is -0.437 e. The van der Waals surface area contributed by atoms with E-state index in [2.05, 4.69) is 68.7 Å². The Morgan fingerprint density at radius 1 is 0.967 bits per heavy atom. The van der Waals surface area contributed by atoms with Crippen LogP contribution in [0.4, 0.5) is 4.39 Å². The van der Waals surface area contributed by atoms with Gasteiger partial charge in [0.05, 0.1) is 10.9 Å². The Morgan fingerprint density at radius 2 is 1.70 bits per heavy atom. The van der Waals surface area contributed by atoms with Crippen molar-refractivity contribution in [3.63, 3.8) is 0 Å². The van der Waals surface area contributed by atoms with E-state index in [-0.39, 0.29) is 0 Å². The molecule has 5 rings (SSSR count). The second kappa shape index (κ2) is 6.63. The summed E-state index contributed by atoms with van der Waals surface area (Å²) in [5.74, 6) is -0.0850. The highest BCUT2D eigenvalue weighted by molar-refractivity contribution is 6.19. The molecule has 0 unspecified atom stereocenters. The molecule has 0 radical (unpaired) electrons. The van der Waals surface area contributed by atoms with Gasteiger partial charge < -0.3 is 4.42 Å². The maximum atomic E-state index is 14.6. The lowest BCUT2D eigenvalue weighted by atomic mass is 9.94. The van der Waals surface area contributed by atoms with E-state index in [1.165, 1.54) is 11.1 Å². The molecular formula is C26H24FN2O+. The van der Waals surface area contributed by atoms with Crippen LogP contribution in [-0.2, 0) is 7.05 Å². The molecule has 3 aromatic heterocycles. The summed E-state index contributed by atoms with van der Waals surface area (Å²) in [6.07, 6.45) is 2.17. The van der Waals surface area contributed by atoms with Crippen molar-refractivity contribution in [2.24, 2.45) is 7.05 Å². The number of pyridine rings is 2. The van der Waals surface area contributed by atoms with Crippen LogP contribution in [0.3, 0.4) is 0 Å². The first-order valence-electron chi connectivity index (χ1n) is 10.3. The molecule has 150 valence electrons. The smallest absolute Gasteiger partial charge is 0.230 e. The van der Waals surface area contributed by atoms with Crippen LogP contribution in [0.15, 0.2) is 53.1 Å². The van der Waals surface area contributed by atoms with Gasteiger partial charge in [-0.3, -0.25) is 0 Å². The zero-order chi connectivity index (χ0) is 21.2. The van der Waals surface area contributed by atoms with Crippen molar-refractivity contribution in [3.05, 3.63) is 71.3 Å². The molecule has 0 aliphatic carbocycles. The molecule has 30 heavy (non-hydrogen) atoms. The summed E-state index contributed by atoms with van der Waals surface area (Å²) in [6.45, 7) is 8.65. The molecule has 5 aromatic rings. The van der Waals surface area contributed by atoms with Crippen LogP contribution in [0.1, 0.15) is 36.5 Å². The van der Waals surface area contributed by atoms with Crippen LogP contribution in [0.5, 0.6) is 0 Å². The maximum Gasteiger partial charge on any atom is 0.230 e. The van der Waals surface area contributed by atoms with Gasteiger partial charge >= 0.3 is 0 Å². The Morgan fingerprint density at radius 3 is 2.43 bits per heavy atom. The maximum absolute atomic E-state index is 14.6. The molecule has 0 N–H and O–H groups in total. The summed E-state index contributed by atoms with van der Waals surface area (Å²) in [6, 6.07) is 13.9. The summed E-state index contributed by atoms with van der Waals surface area (Å²) < 4.78 is 23.0. The van der Waals surface area contributed by atoms with Crippen molar-refractivity contribution in [1.29, 1.82) is 0 Å². The summed E-state index contributed by atoms with van der Waals surface area (Å²) in [5, 5.41) is 3.16. The number of halogens is 1. The predicted octanol–water partition coefficient (Wildman–Crippen LogP) is 6.51. The van der Waals surface area contributed by atoms with E-state index in [4.69, 9.17) is 4.42 Å². The molecule has 2 aromatic carbocycles. The van der Waals surface area contributed by atoms with Crippen LogP contribution < -0.4 is 4.57 Å². The molecule has 0 saturated carbocycles. The topological polar surface area (TPSA) is 29.9 Å². The molecule has 0 bridgehead atoms. The molecular weight excluding hydrogens is 375 g/mol. The third kappa shape index (κ3) is 2.63. The van der Waals surface area contributed by atoms with Crippen LogP contribution >= 0.6 is 0 Å². The summed E-state index contributed by atoms with van der Waals surface area (Å²) in [5.41, 5.74) is 6.89. The van der Waals surface area contributed by atoms with E-state index in [0.717, 1.165) is 38.6 Å². The average Bonchev–Trinajstić information content (AvgIpc) is 3.07. The fourth-order valence-corrected chi connectivity index (χ4v) is 4.60. The molecule has 0 aliphatic rings. The second-order valence-electron chi connectivity index (χ2n) is 8.43. The monoisotopic (exact) mass is 399 g/mol. The highest BCUT2D eigenvalue weighted by atomic mass is 19.1. The van der Waals surface area contributed by atoms with Gasteiger partial charge in [0.2, 0.25) is 17.4 Å². The van der Waals surface area contributed by atoms with E-state index in [9.17, 15) is 4.39 Å². The lowest BCUT2D eigenvalue weighted by Gasteiger charge is -2.12. The molecule has 0 saturated heterocycles. The highest BCUT2D eigenvalue weighted by Gasteiger charge is 2.24. The number of aromatic nitrogens is 2. The Labute approximate surface area is 174 Å². The summed E-state index contributed by atoms with van der Waals surface area (Å²) in [4.78, 5) is 4.15. The van der Waals surface area contributed by atoms with E-state index in [1.807, 2.05) is 18.2 Å². The molecule has 0 amide bonds. The first kappa shape index (κ1) is 18.7. The third-order valence-corrected chi connectivity index (χ3v) is 6.06. The number of rotatable bonds is 2. The van der Waals surface area contributed by atoms with Gasteiger partial charge in [0.1, 0.15) is 7.05 Å². The Kier molecular flexibility index (Phi) is 4.14. The number of benzene rings is 2. The number of hydrogen-bond acceptors (Lipinski definition) is 2. The van der Waals surface area contributed by atoms with Gasteiger partial charge in [-0.25, -0.2) is 4.57 Å². The number of aryl methyl sites for hydroxylation is 3. The first-order valence-corrected chi connectivity index (χ1v) is 10.3. The van der Waals surface area contributed by atoms with Crippen molar-refractivity contribution >= 4 is 32.8 Å². The zero-order valence-electron chi connectivity index (χ0n) is 17.9. The standard InChI is InChI=1S/C26H24FN2O/c1-14(2)20-12-21(29(5)13-16(20)4)22-15(3)10-11-19-23-17-8-6-7-9-18(17)25(27)28-26(23)30-24(19)22/h6-14H,1-5H3/q+1. The minimum absolute atomic E-state index is 0.340. The quantitative estimate of drug-likeness (QED) is 0.250. The van der Waals surface area contributed by atoms with E-state index >= 15 is 0 Å². The summed E-state index contributed by atoms with van der Waals surface area (Å²) in [7, 11) is 2.06. The van der Waals surface area contributed by atoms with Crippen molar-refractivity contribution in [2.75, 3.05) is 0 Å². The van der Waals surface area contributed by atoms with E-state index in [0.29, 0.717) is 17.0 Å². The van der Waals surface area contributed by atoms with Crippen LogP contribution in [-0.4, -0.2) is 4.98 Å². The first-order chi connectivity index (χ1) is 14.4. The zero-order valence-corrected chi connectivity index (χ0v) is 17.9. The van der Waals surface area contributed by atoms with Crippen molar-refractivity contribution in [3.8, 4) is 11.3 Å². The molecule has 0 spiro atoms.